The van der Waals surface area contributed by atoms with Gasteiger partial charge in [-0.15, -0.1) is 0 Å². The van der Waals surface area contributed by atoms with Crippen molar-refractivity contribution in [2.45, 2.75) is 39.7 Å². The van der Waals surface area contributed by atoms with Crippen LogP contribution in [0.5, 0.6) is 0 Å². The van der Waals surface area contributed by atoms with E-state index in [1.807, 2.05) is 6.92 Å². The summed E-state index contributed by atoms with van der Waals surface area (Å²) in [6.45, 7) is 9.59. The monoisotopic (exact) mass is 293 g/mol. The first kappa shape index (κ1) is 17.4. The van der Waals surface area contributed by atoms with E-state index in [9.17, 15) is 4.79 Å². The zero-order valence-electron chi connectivity index (χ0n) is 13.2. The van der Waals surface area contributed by atoms with Crippen molar-refractivity contribution in [2.75, 3.05) is 25.1 Å². The summed E-state index contributed by atoms with van der Waals surface area (Å²) in [6.07, 6.45) is 3.57. The fourth-order valence-electron chi connectivity index (χ4n) is 2.15. The first-order valence-electron chi connectivity index (χ1n) is 7.56. The number of nitrogens with one attached hydrogen (secondary N) is 2. The highest BCUT2D eigenvalue weighted by Gasteiger charge is 2.10. The molecule has 0 aliphatic rings. The fourth-order valence-corrected chi connectivity index (χ4v) is 2.15. The number of aromatic nitrogens is 1. The van der Waals surface area contributed by atoms with E-state index >= 15 is 0 Å². The summed E-state index contributed by atoms with van der Waals surface area (Å²) in [7, 11) is 0. The molecule has 0 saturated carbocycles. The lowest BCUT2D eigenvalue weighted by Gasteiger charge is -2.19. The van der Waals surface area contributed by atoms with Gasteiger partial charge in [0.05, 0.1) is 5.56 Å². The molecule has 1 heterocycles. The molecule has 0 aliphatic carbocycles. The number of hydrogen-bond acceptors (Lipinski definition) is 5. The molecule has 0 radical (unpaired) electrons. The minimum absolute atomic E-state index is 0.0959. The van der Waals surface area contributed by atoms with Gasteiger partial charge in [0, 0.05) is 12.2 Å². The number of hydrogen-bond donors (Lipinski definition) is 3. The van der Waals surface area contributed by atoms with E-state index in [0.717, 1.165) is 32.5 Å². The first-order chi connectivity index (χ1) is 10.1. The molecule has 6 heteroatoms. The predicted molar refractivity (Wildman–Crippen MR) is 86.0 cm³/mol. The smallest absolute Gasteiger partial charge is 0.253 e. The van der Waals surface area contributed by atoms with Gasteiger partial charge in [-0.2, -0.15) is 0 Å². The summed E-state index contributed by atoms with van der Waals surface area (Å²) < 4.78 is 0. The molecule has 0 spiro atoms. The number of rotatable bonds is 9. The number of pyridine rings is 1. The van der Waals surface area contributed by atoms with Crippen molar-refractivity contribution in [3.63, 3.8) is 0 Å². The van der Waals surface area contributed by atoms with Gasteiger partial charge in [-0.25, -0.2) is 10.8 Å². The third kappa shape index (κ3) is 6.10. The molecule has 118 valence electrons. The van der Waals surface area contributed by atoms with Crippen molar-refractivity contribution >= 4 is 11.7 Å². The van der Waals surface area contributed by atoms with Crippen LogP contribution in [0.15, 0.2) is 18.3 Å². The first-order valence-corrected chi connectivity index (χ1v) is 7.56. The van der Waals surface area contributed by atoms with Crippen LogP contribution in [0.3, 0.4) is 0 Å². The van der Waals surface area contributed by atoms with Crippen LogP contribution in [-0.4, -0.2) is 41.5 Å². The van der Waals surface area contributed by atoms with Gasteiger partial charge in [0.25, 0.3) is 5.91 Å². The number of nitrogen functional groups attached to an aromatic ring is 1. The number of amides is 1. The van der Waals surface area contributed by atoms with Crippen LogP contribution in [0.2, 0.25) is 0 Å². The lowest BCUT2D eigenvalue weighted by Crippen LogP contribution is -2.33. The molecule has 4 N–H and O–H groups in total. The summed E-state index contributed by atoms with van der Waals surface area (Å²) in [5.74, 6) is 5.69. The number of carbonyl (C=O) groups excluding carboxylic acids is 1. The van der Waals surface area contributed by atoms with E-state index < -0.39 is 0 Å². The van der Waals surface area contributed by atoms with Gasteiger partial charge in [-0.1, -0.05) is 13.8 Å². The Balaban J connectivity index is 2.35. The maximum Gasteiger partial charge on any atom is 0.253 e. The van der Waals surface area contributed by atoms with Crippen molar-refractivity contribution in [3.8, 4) is 0 Å². The molecule has 6 nitrogen and oxygen atoms in total. The molecule has 1 amide bonds. The van der Waals surface area contributed by atoms with Gasteiger partial charge in [0.1, 0.15) is 5.82 Å². The number of nitrogens with zero attached hydrogens (tertiary/aromatic N) is 2. The summed E-state index contributed by atoms with van der Waals surface area (Å²) in [5, 5.41) is 2.99. The molecule has 0 aliphatic heterocycles. The molecular formula is C15H27N5O. The highest BCUT2D eigenvalue weighted by Crippen LogP contribution is 2.05. The third-order valence-corrected chi connectivity index (χ3v) is 3.56. The van der Waals surface area contributed by atoms with Crippen molar-refractivity contribution in [1.82, 2.24) is 15.2 Å². The average Bonchev–Trinajstić information content (AvgIpc) is 2.51. The molecule has 1 unspecified atom stereocenters. The molecule has 21 heavy (non-hydrogen) atoms. The van der Waals surface area contributed by atoms with Gasteiger partial charge >= 0.3 is 0 Å². The molecule has 1 atom stereocenters. The van der Waals surface area contributed by atoms with E-state index in [1.165, 1.54) is 6.20 Å². The number of anilines is 1. The Morgan fingerprint density at radius 1 is 1.38 bits per heavy atom. The van der Waals surface area contributed by atoms with Crippen molar-refractivity contribution in [2.24, 2.45) is 5.84 Å². The second-order valence-electron chi connectivity index (χ2n) is 5.12. The maximum atomic E-state index is 12.1. The molecular weight excluding hydrogens is 266 g/mol. The van der Waals surface area contributed by atoms with Crippen LogP contribution in [0, 0.1) is 0 Å². The quantitative estimate of drug-likeness (QED) is 0.476. The SMILES string of the molecule is CCN(CC)CCCC(C)NC(=O)c1ccc(NN)nc1. The zero-order chi connectivity index (χ0) is 15.7. The van der Waals surface area contributed by atoms with E-state index in [4.69, 9.17) is 5.84 Å². The van der Waals surface area contributed by atoms with Crippen LogP contribution in [0.25, 0.3) is 0 Å². The highest BCUT2D eigenvalue weighted by molar-refractivity contribution is 5.94. The number of carbonyl (C=O) groups is 1. The van der Waals surface area contributed by atoms with E-state index in [-0.39, 0.29) is 11.9 Å². The second kappa shape index (κ2) is 9.31. The van der Waals surface area contributed by atoms with Crippen molar-refractivity contribution < 1.29 is 4.79 Å². The van der Waals surface area contributed by atoms with Crippen LogP contribution in [-0.2, 0) is 0 Å². The van der Waals surface area contributed by atoms with Crippen LogP contribution >= 0.6 is 0 Å². The Morgan fingerprint density at radius 3 is 2.62 bits per heavy atom. The molecule has 0 fully saturated rings. The normalized spacial score (nSPS) is 12.2. The van der Waals surface area contributed by atoms with Crippen molar-refractivity contribution in [3.05, 3.63) is 23.9 Å². The number of nitrogens with two attached hydrogens (primary N) is 1. The van der Waals surface area contributed by atoms with Gasteiger partial charge in [0.2, 0.25) is 0 Å². The van der Waals surface area contributed by atoms with Crippen LogP contribution in [0.1, 0.15) is 44.0 Å². The minimum Gasteiger partial charge on any atom is -0.350 e. The molecule has 0 bridgehead atoms. The summed E-state index contributed by atoms with van der Waals surface area (Å²) in [6, 6.07) is 3.54. The van der Waals surface area contributed by atoms with E-state index in [2.05, 4.69) is 34.5 Å². The standard InChI is InChI=1S/C15H27N5O/c1-4-20(5-2)10-6-7-12(3)18-15(21)13-8-9-14(19-16)17-11-13/h8-9,11-12H,4-7,10,16H2,1-3H3,(H,17,19)(H,18,21). The average molecular weight is 293 g/mol. The summed E-state index contributed by atoms with van der Waals surface area (Å²) >= 11 is 0. The Hall–Kier alpha value is -1.66. The minimum atomic E-state index is -0.0959. The topological polar surface area (TPSA) is 83.3 Å². The van der Waals surface area contributed by atoms with E-state index in [0.29, 0.717) is 11.4 Å². The largest absolute Gasteiger partial charge is 0.350 e. The van der Waals surface area contributed by atoms with Gasteiger partial charge in [-0.3, -0.25) is 4.79 Å². The molecule has 0 saturated heterocycles. The number of hydrazine groups is 1. The fraction of sp³-hybridized carbons (Fsp3) is 0.600. The Morgan fingerprint density at radius 2 is 2.10 bits per heavy atom. The summed E-state index contributed by atoms with van der Waals surface area (Å²) in [5.41, 5.74) is 2.98. The Labute approximate surface area is 127 Å². The third-order valence-electron chi connectivity index (χ3n) is 3.56. The molecule has 0 aromatic carbocycles. The Bertz CT molecular complexity index is 417. The Kier molecular flexibility index (Phi) is 7.71. The second-order valence-corrected chi connectivity index (χ2v) is 5.12. The lowest BCUT2D eigenvalue weighted by molar-refractivity contribution is 0.0937. The van der Waals surface area contributed by atoms with Crippen LogP contribution in [0.4, 0.5) is 5.82 Å². The maximum absolute atomic E-state index is 12.1. The highest BCUT2D eigenvalue weighted by atomic mass is 16.1. The molecule has 1 rings (SSSR count). The van der Waals surface area contributed by atoms with Gasteiger partial charge < -0.3 is 15.6 Å². The van der Waals surface area contributed by atoms with Crippen LogP contribution < -0.4 is 16.6 Å². The summed E-state index contributed by atoms with van der Waals surface area (Å²) in [4.78, 5) is 18.5. The lowest BCUT2D eigenvalue weighted by atomic mass is 10.1. The van der Waals surface area contributed by atoms with Gasteiger partial charge in [-0.05, 0) is 51.5 Å². The molecule has 1 aromatic heterocycles. The van der Waals surface area contributed by atoms with Gasteiger partial charge in [0.15, 0.2) is 0 Å². The van der Waals surface area contributed by atoms with Crippen molar-refractivity contribution in [1.29, 1.82) is 0 Å². The predicted octanol–water partition coefficient (Wildman–Crippen LogP) is 1.61. The zero-order valence-corrected chi connectivity index (χ0v) is 13.2. The van der Waals surface area contributed by atoms with E-state index in [1.54, 1.807) is 12.1 Å². The molecule has 1 aromatic rings.